The van der Waals surface area contributed by atoms with Gasteiger partial charge in [0.25, 0.3) is 0 Å². The van der Waals surface area contributed by atoms with E-state index in [1.54, 1.807) is 14.2 Å². The minimum atomic E-state index is 0.765. The van der Waals surface area contributed by atoms with Gasteiger partial charge in [-0.15, -0.1) is 0 Å². The van der Waals surface area contributed by atoms with Crippen molar-refractivity contribution in [2.24, 2.45) is 5.92 Å². The molecule has 3 heteroatoms. The third-order valence-corrected chi connectivity index (χ3v) is 3.61. The second-order valence-corrected chi connectivity index (χ2v) is 4.93. The summed E-state index contributed by atoms with van der Waals surface area (Å²) < 4.78 is 10.7. The van der Waals surface area contributed by atoms with E-state index in [1.807, 2.05) is 12.1 Å². The Kier molecular flexibility index (Phi) is 5.28. The van der Waals surface area contributed by atoms with Gasteiger partial charge in [-0.25, -0.2) is 0 Å². The number of para-hydroxylation sites is 1. The van der Waals surface area contributed by atoms with Crippen molar-refractivity contribution in [1.82, 2.24) is 5.32 Å². The summed E-state index contributed by atoms with van der Waals surface area (Å²) in [4.78, 5) is 0. The number of allylic oxidation sites excluding steroid dienone is 2. The maximum atomic E-state index is 5.43. The largest absolute Gasteiger partial charge is 0.493 e. The van der Waals surface area contributed by atoms with Gasteiger partial charge in [-0.2, -0.15) is 0 Å². The minimum absolute atomic E-state index is 0.765. The Morgan fingerprint density at radius 1 is 1.21 bits per heavy atom. The van der Waals surface area contributed by atoms with Crippen LogP contribution in [0.15, 0.2) is 30.4 Å². The van der Waals surface area contributed by atoms with Crippen molar-refractivity contribution < 1.29 is 9.47 Å². The van der Waals surface area contributed by atoms with Crippen LogP contribution in [0.4, 0.5) is 0 Å². The van der Waals surface area contributed by atoms with Gasteiger partial charge >= 0.3 is 0 Å². The number of methoxy groups -OCH3 is 2. The lowest BCUT2D eigenvalue weighted by molar-refractivity contribution is 0.349. The standard InChI is InChI=1S/C16H23NO2/c1-18-15-10-6-9-14(16(15)19-2)12-17-11-13-7-4-3-5-8-13/h3-4,6,9-10,13,17H,5,7-8,11-12H2,1-2H3. The summed E-state index contributed by atoms with van der Waals surface area (Å²) >= 11 is 0. The Morgan fingerprint density at radius 2 is 2.11 bits per heavy atom. The van der Waals surface area contributed by atoms with E-state index in [9.17, 15) is 0 Å². The molecule has 2 rings (SSSR count). The van der Waals surface area contributed by atoms with Gasteiger partial charge in [0, 0.05) is 12.1 Å². The second-order valence-electron chi connectivity index (χ2n) is 4.93. The molecule has 0 bridgehead atoms. The van der Waals surface area contributed by atoms with E-state index in [0.717, 1.165) is 36.1 Å². The monoisotopic (exact) mass is 261 g/mol. The van der Waals surface area contributed by atoms with Gasteiger partial charge in [-0.1, -0.05) is 24.3 Å². The van der Waals surface area contributed by atoms with Crippen LogP contribution in [0.3, 0.4) is 0 Å². The van der Waals surface area contributed by atoms with Crippen molar-refractivity contribution in [2.45, 2.75) is 25.8 Å². The van der Waals surface area contributed by atoms with Crippen LogP contribution >= 0.6 is 0 Å². The predicted molar refractivity (Wildman–Crippen MR) is 77.7 cm³/mol. The molecule has 1 aliphatic carbocycles. The topological polar surface area (TPSA) is 30.5 Å². The van der Waals surface area contributed by atoms with E-state index in [0.29, 0.717) is 0 Å². The highest BCUT2D eigenvalue weighted by Gasteiger charge is 2.11. The van der Waals surface area contributed by atoms with Gasteiger partial charge in [-0.3, -0.25) is 0 Å². The molecule has 3 nitrogen and oxygen atoms in total. The fourth-order valence-electron chi connectivity index (χ4n) is 2.55. The molecule has 0 aliphatic heterocycles. The lowest BCUT2D eigenvalue weighted by Gasteiger charge is -2.19. The number of hydrogen-bond acceptors (Lipinski definition) is 3. The Labute approximate surface area is 115 Å². The number of nitrogens with one attached hydrogen (secondary N) is 1. The second kappa shape index (κ2) is 7.19. The molecule has 0 saturated carbocycles. The molecule has 0 heterocycles. The third-order valence-electron chi connectivity index (χ3n) is 3.61. The third kappa shape index (κ3) is 3.74. The maximum Gasteiger partial charge on any atom is 0.165 e. The lowest BCUT2D eigenvalue weighted by atomic mass is 9.94. The maximum absolute atomic E-state index is 5.43. The number of rotatable bonds is 6. The highest BCUT2D eigenvalue weighted by Crippen LogP contribution is 2.30. The SMILES string of the molecule is COc1cccc(CNCC2CC=CCC2)c1OC. The summed E-state index contributed by atoms with van der Waals surface area (Å²) in [6.07, 6.45) is 8.28. The smallest absolute Gasteiger partial charge is 0.165 e. The fourth-order valence-corrected chi connectivity index (χ4v) is 2.55. The normalized spacial score (nSPS) is 18.3. The zero-order valence-corrected chi connectivity index (χ0v) is 11.8. The van der Waals surface area contributed by atoms with Crippen LogP contribution in [-0.4, -0.2) is 20.8 Å². The number of ether oxygens (including phenoxy) is 2. The van der Waals surface area contributed by atoms with Crippen LogP contribution in [0, 0.1) is 5.92 Å². The van der Waals surface area contributed by atoms with E-state index >= 15 is 0 Å². The van der Waals surface area contributed by atoms with Crippen molar-refractivity contribution in [3.05, 3.63) is 35.9 Å². The summed E-state index contributed by atoms with van der Waals surface area (Å²) in [6.45, 7) is 1.88. The molecule has 0 fully saturated rings. The molecule has 0 amide bonds. The summed E-state index contributed by atoms with van der Waals surface area (Å²) in [5.41, 5.74) is 1.15. The molecule has 1 unspecified atom stereocenters. The van der Waals surface area contributed by atoms with E-state index in [2.05, 4.69) is 23.5 Å². The quantitative estimate of drug-likeness (QED) is 0.798. The first kappa shape index (κ1) is 13.9. The highest BCUT2D eigenvalue weighted by atomic mass is 16.5. The lowest BCUT2D eigenvalue weighted by Crippen LogP contribution is -2.23. The van der Waals surface area contributed by atoms with E-state index in [1.165, 1.54) is 19.3 Å². The summed E-state index contributed by atoms with van der Waals surface area (Å²) in [7, 11) is 3.36. The summed E-state index contributed by atoms with van der Waals surface area (Å²) in [5, 5.41) is 3.53. The molecular weight excluding hydrogens is 238 g/mol. The molecule has 0 aromatic heterocycles. The van der Waals surface area contributed by atoms with Gasteiger partial charge in [0.2, 0.25) is 0 Å². The van der Waals surface area contributed by atoms with Gasteiger partial charge in [0.05, 0.1) is 14.2 Å². The van der Waals surface area contributed by atoms with Crippen LogP contribution in [0.25, 0.3) is 0 Å². The van der Waals surface area contributed by atoms with E-state index in [4.69, 9.17) is 9.47 Å². The van der Waals surface area contributed by atoms with Crippen LogP contribution in [-0.2, 0) is 6.54 Å². The highest BCUT2D eigenvalue weighted by molar-refractivity contribution is 5.46. The first-order valence-electron chi connectivity index (χ1n) is 6.90. The van der Waals surface area contributed by atoms with Crippen LogP contribution < -0.4 is 14.8 Å². The van der Waals surface area contributed by atoms with Crippen LogP contribution in [0.5, 0.6) is 11.5 Å². The van der Waals surface area contributed by atoms with E-state index in [-0.39, 0.29) is 0 Å². The zero-order chi connectivity index (χ0) is 13.5. The Bertz CT molecular complexity index is 429. The molecule has 0 spiro atoms. The Morgan fingerprint density at radius 3 is 2.79 bits per heavy atom. The average molecular weight is 261 g/mol. The van der Waals surface area contributed by atoms with Gasteiger partial charge < -0.3 is 14.8 Å². The van der Waals surface area contributed by atoms with E-state index < -0.39 is 0 Å². The summed E-state index contributed by atoms with van der Waals surface area (Å²) in [5.74, 6) is 2.39. The molecular formula is C16H23NO2. The Hall–Kier alpha value is -1.48. The Balaban J connectivity index is 1.90. The minimum Gasteiger partial charge on any atom is -0.493 e. The molecule has 19 heavy (non-hydrogen) atoms. The van der Waals surface area contributed by atoms with Crippen LogP contribution in [0.1, 0.15) is 24.8 Å². The molecule has 104 valence electrons. The molecule has 0 saturated heterocycles. The first-order valence-corrected chi connectivity index (χ1v) is 6.90. The van der Waals surface area contributed by atoms with Crippen molar-refractivity contribution in [3.8, 4) is 11.5 Å². The average Bonchev–Trinajstić information content (AvgIpc) is 2.48. The summed E-state index contributed by atoms with van der Waals surface area (Å²) in [6, 6.07) is 6.01. The van der Waals surface area contributed by atoms with Crippen molar-refractivity contribution >= 4 is 0 Å². The molecule has 1 N–H and O–H groups in total. The first-order chi connectivity index (χ1) is 9.35. The number of benzene rings is 1. The number of hydrogen-bond donors (Lipinski definition) is 1. The molecule has 0 radical (unpaired) electrons. The molecule has 1 atom stereocenters. The zero-order valence-electron chi connectivity index (χ0n) is 11.8. The van der Waals surface area contributed by atoms with Crippen molar-refractivity contribution in [1.29, 1.82) is 0 Å². The van der Waals surface area contributed by atoms with Crippen molar-refractivity contribution in [2.75, 3.05) is 20.8 Å². The van der Waals surface area contributed by atoms with Gasteiger partial charge in [0.15, 0.2) is 11.5 Å². The predicted octanol–water partition coefficient (Wildman–Crippen LogP) is 3.15. The van der Waals surface area contributed by atoms with Crippen LogP contribution in [0.2, 0.25) is 0 Å². The molecule has 1 aromatic carbocycles. The van der Waals surface area contributed by atoms with Gasteiger partial charge in [0.1, 0.15) is 0 Å². The fraction of sp³-hybridized carbons (Fsp3) is 0.500. The molecule has 1 aliphatic rings. The van der Waals surface area contributed by atoms with Gasteiger partial charge in [-0.05, 0) is 37.8 Å². The van der Waals surface area contributed by atoms with Crippen molar-refractivity contribution in [3.63, 3.8) is 0 Å². The molecule has 1 aromatic rings.